The standard InChI is InChI=1S/C11H13ClN2O/c12-9-3-1-8(2-4-9)11(15)14-7-10-5-6-13-10/h1-4,10,13H,5-7H2,(H,14,15). The van der Waals surface area contributed by atoms with E-state index in [1.807, 2.05) is 0 Å². The molecule has 0 bridgehead atoms. The number of amides is 1. The summed E-state index contributed by atoms with van der Waals surface area (Å²) in [4.78, 5) is 11.6. The van der Waals surface area contributed by atoms with Gasteiger partial charge < -0.3 is 10.6 Å². The van der Waals surface area contributed by atoms with Gasteiger partial charge in [-0.15, -0.1) is 0 Å². The summed E-state index contributed by atoms with van der Waals surface area (Å²) in [5.41, 5.74) is 0.652. The van der Waals surface area contributed by atoms with Crippen LogP contribution in [0.15, 0.2) is 24.3 Å². The molecule has 1 aliphatic rings. The van der Waals surface area contributed by atoms with Crippen molar-refractivity contribution in [2.75, 3.05) is 13.1 Å². The number of benzene rings is 1. The molecule has 0 aliphatic carbocycles. The molecule has 3 nitrogen and oxygen atoms in total. The van der Waals surface area contributed by atoms with Crippen LogP contribution in [0, 0.1) is 0 Å². The Labute approximate surface area is 93.8 Å². The number of rotatable bonds is 3. The summed E-state index contributed by atoms with van der Waals surface area (Å²) in [5, 5.41) is 6.75. The fourth-order valence-corrected chi connectivity index (χ4v) is 1.57. The highest BCUT2D eigenvalue weighted by Crippen LogP contribution is 2.09. The van der Waals surface area contributed by atoms with Crippen molar-refractivity contribution in [1.29, 1.82) is 0 Å². The molecular formula is C11H13ClN2O. The normalized spacial score (nSPS) is 19.4. The van der Waals surface area contributed by atoms with E-state index >= 15 is 0 Å². The van der Waals surface area contributed by atoms with Crippen molar-refractivity contribution in [3.63, 3.8) is 0 Å². The molecule has 1 fully saturated rings. The molecule has 80 valence electrons. The molecule has 0 spiro atoms. The Balaban J connectivity index is 1.86. The molecule has 4 heteroatoms. The topological polar surface area (TPSA) is 41.1 Å². The van der Waals surface area contributed by atoms with Crippen LogP contribution in [0.2, 0.25) is 5.02 Å². The van der Waals surface area contributed by atoms with Gasteiger partial charge in [0.2, 0.25) is 0 Å². The van der Waals surface area contributed by atoms with Crippen LogP contribution in [-0.2, 0) is 0 Å². The van der Waals surface area contributed by atoms with Crippen molar-refractivity contribution >= 4 is 17.5 Å². The highest BCUT2D eigenvalue weighted by atomic mass is 35.5. The van der Waals surface area contributed by atoms with Gasteiger partial charge in [0.15, 0.2) is 0 Å². The highest BCUT2D eigenvalue weighted by molar-refractivity contribution is 6.30. The predicted octanol–water partition coefficient (Wildman–Crippen LogP) is 1.43. The van der Waals surface area contributed by atoms with E-state index in [1.165, 1.54) is 0 Å². The smallest absolute Gasteiger partial charge is 0.251 e. The summed E-state index contributed by atoms with van der Waals surface area (Å²) in [6, 6.07) is 7.34. The monoisotopic (exact) mass is 224 g/mol. The van der Waals surface area contributed by atoms with Gasteiger partial charge >= 0.3 is 0 Å². The Morgan fingerprint density at radius 3 is 2.67 bits per heavy atom. The van der Waals surface area contributed by atoms with E-state index < -0.39 is 0 Å². The third-order valence-corrected chi connectivity index (χ3v) is 2.79. The first-order valence-electron chi connectivity index (χ1n) is 5.03. The molecule has 1 aromatic rings. The molecule has 1 atom stereocenters. The second-order valence-electron chi connectivity index (χ2n) is 3.66. The largest absolute Gasteiger partial charge is 0.350 e. The van der Waals surface area contributed by atoms with Crippen molar-refractivity contribution in [3.8, 4) is 0 Å². The summed E-state index contributed by atoms with van der Waals surface area (Å²) in [5.74, 6) is -0.0413. The first-order chi connectivity index (χ1) is 7.25. The third-order valence-electron chi connectivity index (χ3n) is 2.54. The molecular weight excluding hydrogens is 212 g/mol. The van der Waals surface area contributed by atoms with Crippen LogP contribution in [0.5, 0.6) is 0 Å². The van der Waals surface area contributed by atoms with Gasteiger partial charge in [0.1, 0.15) is 0 Å². The van der Waals surface area contributed by atoms with Gasteiger partial charge in [-0.25, -0.2) is 0 Å². The lowest BCUT2D eigenvalue weighted by Crippen LogP contribution is -2.50. The summed E-state index contributed by atoms with van der Waals surface area (Å²) in [6.45, 7) is 1.75. The van der Waals surface area contributed by atoms with Gasteiger partial charge in [-0.05, 0) is 37.2 Å². The SMILES string of the molecule is O=C(NCC1CCN1)c1ccc(Cl)cc1. The van der Waals surface area contributed by atoms with Crippen molar-refractivity contribution in [3.05, 3.63) is 34.9 Å². The van der Waals surface area contributed by atoms with E-state index in [9.17, 15) is 4.79 Å². The van der Waals surface area contributed by atoms with Crippen LogP contribution in [0.4, 0.5) is 0 Å². The Hall–Kier alpha value is -1.06. The van der Waals surface area contributed by atoms with Crippen molar-refractivity contribution in [1.82, 2.24) is 10.6 Å². The van der Waals surface area contributed by atoms with E-state index in [0.29, 0.717) is 23.2 Å². The van der Waals surface area contributed by atoms with Crippen LogP contribution in [-0.4, -0.2) is 25.0 Å². The van der Waals surface area contributed by atoms with Gasteiger partial charge in [-0.2, -0.15) is 0 Å². The lowest BCUT2D eigenvalue weighted by molar-refractivity contribution is 0.0945. The first-order valence-corrected chi connectivity index (χ1v) is 5.40. The van der Waals surface area contributed by atoms with Crippen LogP contribution in [0.3, 0.4) is 0 Å². The minimum atomic E-state index is -0.0413. The van der Waals surface area contributed by atoms with E-state index in [1.54, 1.807) is 24.3 Å². The third kappa shape index (κ3) is 2.70. The molecule has 2 rings (SSSR count). The maximum absolute atomic E-state index is 11.6. The molecule has 0 saturated carbocycles. The fraction of sp³-hybridized carbons (Fsp3) is 0.364. The number of hydrogen-bond acceptors (Lipinski definition) is 2. The zero-order valence-corrected chi connectivity index (χ0v) is 9.05. The van der Waals surface area contributed by atoms with Crippen molar-refractivity contribution in [2.24, 2.45) is 0 Å². The van der Waals surface area contributed by atoms with Crippen LogP contribution < -0.4 is 10.6 Å². The zero-order chi connectivity index (χ0) is 10.7. The minimum absolute atomic E-state index is 0.0413. The molecule has 1 unspecified atom stereocenters. The lowest BCUT2D eigenvalue weighted by Gasteiger charge is -2.27. The van der Waals surface area contributed by atoms with Crippen LogP contribution in [0.1, 0.15) is 16.8 Å². The minimum Gasteiger partial charge on any atom is -0.350 e. The summed E-state index contributed by atoms with van der Waals surface area (Å²) >= 11 is 5.73. The van der Waals surface area contributed by atoms with E-state index in [-0.39, 0.29) is 5.91 Å². The lowest BCUT2D eigenvalue weighted by atomic mass is 10.1. The van der Waals surface area contributed by atoms with Gasteiger partial charge in [0.05, 0.1) is 0 Å². The molecule has 0 radical (unpaired) electrons. The fourth-order valence-electron chi connectivity index (χ4n) is 1.44. The van der Waals surface area contributed by atoms with Crippen LogP contribution >= 0.6 is 11.6 Å². The average molecular weight is 225 g/mol. The summed E-state index contributed by atoms with van der Waals surface area (Å²) in [7, 11) is 0. The Morgan fingerprint density at radius 1 is 1.47 bits per heavy atom. The number of nitrogens with one attached hydrogen (secondary N) is 2. The van der Waals surface area contributed by atoms with E-state index in [0.717, 1.165) is 13.0 Å². The number of halogens is 1. The molecule has 2 N–H and O–H groups in total. The van der Waals surface area contributed by atoms with Gasteiger partial charge in [0, 0.05) is 23.2 Å². The predicted molar refractivity (Wildman–Crippen MR) is 60.2 cm³/mol. The molecule has 15 heavy (non-hydrogen) atoms. The average Bonchev–Trinajstić information content (AvgIpc) is 2.16. The zero-order valence-electron chi connectivity index (χ0n) is 8.29. The molecule has 1 amide bonds. The maximum Gasteiger partial charge on any atom is 0.251 e. The molecule has 1 aromatic carbocycles. The quantitative estimate of drug-likeness (QED) is 0.816. The Morgan fingerprint density at radius 2 is 2.13 bits per heavy atom. The first kappa shape index (κ1) is 10.5. The van der Waals surface area contributed by atoms with Crippen molar-refractivity contribution in [2.45, 2.75) is 12.5 Å². The second-order valence-corrected chi connectivity index (χ2v) is 4.09. The molecule has 0 aromatic heterocycles. The second kappa shape index (κ2) is 4.64. The van der Waals surface area contributed by atoms with Crippen molar-refractivity contribution < 1.29 is 4.79 Å². The number of hydrogen-bond donors (Lipinski definition) is 2. The number of carbonyl (C=O) groups is 1. The number of carbonyl (C=O) groups excluding carboxylic acids is 1. The molecule has 1 aliphatic heterocycles. The van der Waals surface area contributed by atoms with Crippen LogP contribution in [0.25, 0.3) is 0 Å². The van der Waals surface area contributed by atoms with E-state index in [4.69, 9.17) is 11.6 Å². The van der Waals surface area contributed by atoms with Gasteiger partial charge in [-0.1, -0.05) is 11.6 Å². The molecule has 1 saturated heterocycles. The van der Waals surface area contributed by atoms with Gasteiger partial charge in [-0.3, -0.25) is 4.79 Å². The highest BCUT2D eigenvalue weighted by Gasteiger charge is 2.16. The summed E-state index contributed by atoms with van der Waals surface area (Å²) < 4.78 is 0. The Bertz CT molecular complexity index is 346. The Kier molecular flexibility index (Phi) is 3.23. The molecule has 1 heterocycles. The van der Waals surface area contributed by atoms with Gasteiger partial charge in [0.25, 0.3) is 5.91 Å². The van der Waals surface area contributed by atoms with E-state index in [2.05, 4.69) is 10.6 Å². The maximum atomic E-state index is 11.6. The summed E-state index contributed by atoms with van der Waals surface area (Å²) in [6.07, 6.45) is 1.14.